The molecular weight excluding hydrogens is 328 g/mol. The molecule has 0 radical (unpaired) electrons. The average Bonchev–Trinajstić information content (AvgIpc) is 3.16. The van der Waals surface area contributed by atoms with E-state index in [1.807, 2.05) is 12.3 Å². The SMILES string of the molecule is COC(=O)c1cc(CN(C)C(=O)NC(C)Cc2ccsc2)oc1C. The van der Waals surface area contributed by atoms with Crippen molar-refractivity contribution in [2.45, 2.75) is 32.9 Å². The number of aryl methyl sites for hydroxylation is 1. The molecule has 0 saturated heterocycles. The number of esters is 1. The van der Waals surface area contributed by atoms with Crippen molar-refractivity contribution in [1.29, 1.82) is 0 Å². The summed E-state index contributed by atoms with van der Waals surface area (Å²) < 4.78 is 10.2. The Morgan fingerprint density at radius 1 is 1.46 bits per heavy atom. The molecule has 24 heavy (non-hydrogen) atoms. The lowest BCUT2D eigenvalue weighted by molar-refractivity contribution is 0.0598. The number of methoxy groups -OCH3 is 1. The Labute approximate surface area is 145 Å². The molecule has 2 aromatic rings. The van der Waals surface area contributed by atoms with Crippen LogP contribution in [-0.2, 0) is 17.7 Å². The number of carbonyl (C=O) groups is 2. The van der Waals surface area contributed by atoms with Gasteiger partial charge in [0.15, 0.2) is 0 Å². The van der Waals surface area contributed by atoms with Crippen LogP contribution >= 0.6 is 11.3 Å². The van der Waals surface area contributed by atoms with E-state index in [1.165, 1.54) is 17.6 Å². The first-order valence-electron chi connectivity index (χ1n) is 7.61. The zero-order chi connectivity index (χ0) is 17.7. The number of ether oxygens (including phenoxy) is 1. The number of hydrogen-bond acceptors (Lipinski definition) is 5. The zero-order valence-electron chi connectivity index (χ0n) is 14.3. The third-order valence-electron chi connectivity index (χ3n) is 3.61. The van der Waals surface area contributed by atoms with Gasteiger partial charge in [-0.1, -0.05) is 0 Å². The topological polar surface area (TPSA) is 71.8 Å². The zero-order valence-corrected chi connectivity index (χ0v) is 15.1. The summed E-state index contributed by atoms with van der Waals surface area (Å²) >= 11 is 1.64. The van der Waals surface area contributed by atoms with Gasteiger partial charge < -0.3 is 19.4 Å². The Bertz CT molecular complexity index is 694. The van der Waals surface area contributed by atoms with Crippen molar-refractivity contribution < 1.29 is 18.7 Å². The van der Waals surface area contributed by atoms with Crippen molar-refractivity contribution in [2.75, 3.05) is 14.2 Å². The number of hydrogen-bond donors (Lipinski definition) is 1. The summed E-state index contributed by atoms with van der Waals surface area (Å²) in [4.78, 5) is 25.4. The van der Waals surface area contributed by atoms with Crippen LogP contribution < -0.4 is 5.32 Å². The third-order valence-corrected chi connectivity index (χ3v) is 4.34. The van der Waals surface area contributed by atoms with E-state index in [-0.39, 0.29) is 18.6 Å². The average molecular weight is 350 g/mol. The van der Waals surface area contributed by atoms with E-state index in [9.17, 15) is 9.59 Å². The number of nitrogens with one attached hydrogen (secondary N) is 1. The molecule has 0 aliphatic carbocycles. The molecule has 7 heteroatoms. The van der Waals surface area contributed by atoms with Crippen molar-refractivity contribution in [3.05, 3.63) is 45.5 Å². The van der Waals surface area contributed by atoms with E-state index in [4.69, 9.17) is 9.15 Å². The first-order valence-corrected chi connectivity index (χ1v) is 8.55. The molecule has 1 N–H and O–H groups in total. The van der Waals surface area contributed by atoms with Crippen LogP contribution in [0, 0.1) is 6.92 Å². The van der Waals surface area contributed by atoms with Crippen LogP contribution in [-0.4, -0.2) is 37.1 Å². The van der Waals surface area contributed by atoms with Gasteiger partial charge in [0.1, 0.15) is 17.1 Å². The van der Waals surface area contributed by atoms with Gasteiger partial charge in [0, 0.05) is 13.1 Å². The quantitative estimate of drug-likeness (QED) is 0.812. The molecule has 0 bridgehead atoms. The molecule has 0 aliphatic heterocycles. The fourth-order valence-electron chi connectivity index (χ4n) is 2.37. The third kappa shape index (κ3) is 4.61. The fourth-order valence-corrected chi connectivity index (χ4v) is 3.06. The van der Waals surface area contributed by atoms with E-state index in [2.05, 4.69) is 16.8 Å². The van der Waals surface area contributed by atoms with Crippen LogP contribution in [0.1, 0.15) is 34.4 Å². The first-order chi connectivity index (χ1) is 11.4. The maximum absolute atomic E-state index is 12.3. The molecule has 2 amide bonds. The van der Waals surface area contributed by atoms with Gasteiger partial charge in [0.25, 0.3) is 0 Å². The molecule has 0 aliphatic rings. The minimum Gasteiger partial charge on any atom is -0.465 e. The van der Waals surface area contributed by atoms with Crippen molar-refractivity contribution in [3.8, 4) is 0 Å². The summed E-state index contributed by atoms with van der Waals surface area (Å²) in [5.41, 5.74) is 1.59. The normalized spacial score (nSPS) is 11.8. The van der Waals surface area contributed by atoms with Gasteiger partial charge in [-0.2, -0.15) is 11.3 Å². The molecular formula is C17H22N2O4S. The predicted molar refractivity (Wildman–Crippen MR) is 92.3 cm³/mol. The number of nitrogens with zero attached hydrogens (tertiary/aromatic N) is 1. The highest BCUT2D eigenvalue weighted by atomic mass is 32.1. The second kappa shape index (κ2) is 8.01. The van der Waals surface area contributed by atoms with E-state index in [0.29, 0.717) is 17.1 Å². The molecule has 2 heterocycles. The van der Waals surface area contributed by atoms with Crippen molar-refractivity contribution in [3.63, 3.8) is 0 Å². The van der Waals surface area contributed by atoms with Crippen LogP contribution in [0.5, 0.6) is 0 Å². The lowest BCUT2D eigenvalue weighted by Crippen LogP contribution is -2.42. The minimum absolute atomic E-state index is 0.0264. The molecule has 0 aromatic carbocycles. The summed E-state index contributed by atoms with van der Waals surface area (Å²) in [6, 6.07) is 3.50. The first kappa shape index (κ1) is 18.1. The molecule has 0 saturated carbocycles. The number of urea groups is 1. The smallest absolute Gasteiger partial charge is 0.341 e. The summed E-state index contributed by atoms with van der Waals surface area (Å²) in [6.45, 7) is 3.93. The molecule has 0 fully saturated rings. The van der Waals surface area contributed by atoms with E-state index < -0.39 is 5.97 Å². The number of furan rings is 1. The van der Waals surface area contributed by atoms with Crippen LogP contribution in [0.15, 0.2) is 27.3 Å². The van der Waals surface area contributed by atoms with Crippen molar-refractivity contribution in [2.24, 2.45) is 0 Å². The Kier molecular flexibility index (Phi) is 6.03. The van der Waals surface area contributed by atoms with E-state index >= 15 is 0 Å². The molecule has 1 atom stereocenters. The summed E-state index contributed by atoms with van der Waals surface area (Å²) in [5.74, 6) is 0.575. The Morgan fingerprint density at radius 2 is 2.21 bits per heavy atom. The van der Waals surface area contributed by atoms with E-state index in [0.717, 1.165) is 6.42 Å². The van der Waals surface area contributed by atoms with Crippen LogP contribution in [0.25, 0.3) is 0 Å². The van der Waals surface area contributed by atoms with Gasteiger partial charge in [0.05, 0.1) is 13.7 Å². The number of thiophene rings is 1. The molecule has 130 valence electrons. The minimum atomic E-state index is -0.445. The van der Waals surface area contributed by atoms with Crippen molar-refractivity contribution >= 4 is 23.3 Å². The highest BCUT2D eigenvalue weighted by Crippen LogP contribution is 2.17. The molecule has 6 nitrogen and oxygen atoms in total. The molecule has 1 unspecified atom stereocenters. The second-order valence-electron chi connectivity index (χ2n) is 5.72. The van der Waals surface area contributed by atoms with Gasteiger partial charge in [-0.3, -0.25) is 0 Å². The van der Waals surface area contributed by atoms with Crippen molar-refractivity contribution in [1.82, 2.24) is 10.2 Å². The summed E-state index contributed by atoms with van der Waals surface area (Å²) in [7, 11) is 3.01. The maximum Gasteiger partial charge on any atom is 0.341 e. The molecule has 2 rings (SSSR count). The van der Waals surface area contributed by atoms with Crippen LogP contribution in [0.3, 0.4) is 0 Å². The molecule has 2 aromatic heterocycles. The Balaban J connectivity index is 1.90. The van der Waals surface area contributed by atoms with Crippen LogP contribution in [0.4, 0.5) is 4.79 Å². The highest BCUT2D eigenvalue weighted by Gasteiger charge is 2.18. The maximum atomic E-state index is 12.3. The summed E-state index contributed by atoms with van der Waals surface area (Å²) in [5, 5.41) is 7.05. The number of carbonyl (C=O) groups excluding carboxylic acids is 2. The number of rotatable bonds is 6. The fraction of sp³-hybridized carbons (Fsp3) is 0.412. The Morgan fingerprint density at radius 3 is 2.83 bits per heavy atom. The second-order valence-corrected chi connectivity index (χ2v) is 6.50. The largest absolute Gasteiger partial charge is 0.465 e. The predicted octanol–water partition coefficient (Wildman–Crippen LogP) is 3.21. The monoisotopic (exact) mass is 350 g/mol. The molecule has 0 spiro atoms. The lowest BCUT2D eigenvalue weighted by atomic mass is 10.1. The number of amides is 2. The van der Waals surface area contributed by atoms with Gasteiger partial charge >= 0.3 is 12.0 Å². The summed E-state index contributed by atoms with van der Waals surface area (Å²) in [6.07, 6.45) is 0.787. The standard InChI is InChI=1S/C17H22N2O4S/c1-11(7-13-5-6-24-10-13)18-17(21)19(3)9-14-8-15(12(2)23-14)16(20)22-4/h5-6,8,10-11H,7,9H2,1-4H3,(H,18,21). The van der Waals surface area contributed by atoms with Gasteiger partial charge in [-0.25, -0.2) is 9.59 Å². The van der Waals surface area contributed by atoms with Gasteiger partial charge in [-0.05, 0) is 48.7 Å². The van der Waals surface area contributed by atoms with E-state index in [1.54, 1.807) is 31.4 Å². The highest BCUT2D eigenvalue weighted by molar-refractivity contribution is 7.07. The van der Waals surface area contributed by atoms with Crippen LogP contribution in [0.2, 0.25) is 0 Å². The Hall–Kier alpha value is -2.28. The van der Waals surface area contributed by atoms with Gasteiger partial charge in [0.2, 0.25) is 0 Å². The lowest BCUT2D eigenvalue weighted by Gasteiger charge is -2.20. The van der Waals surface area contributed by atoms with Gasteiger partial charge in [-0.15, -0.1) is 0 Å².